The van der Waals surface area contributed by atoms with E-state index < -0.39 is 0 Å². The first-order chi connectivity index (χ1) is 12.6. The van der Waals surface area contributed by atoms with Crippen LogP contribution in [0.2, 0.25) is 10.0 Å². The zero-order chi connectivity index (χ0) is 18.4. The van der Waals surface area contributed by atoms with Crippen molar-refractivity contribution in [2.45, 2.75) is 6.54 Å². The van der Waals surface area contributed by atoms with Gasteiger partial charge in [-0.1, -0.05) is 29.3 Å². The highest BCUT2D eigenvalue weighted by atomic mass is 35.5. The number of halogens is 2. The molecule has 0 unspecified atom stereocenters. The first kappa shape index (κ1) is 18.4. The van der Waals surface area contributed by atoms with Crippen molar-refractivity contribution in [3.05, 3.63) is 76.2 Å². The fourth-order valence-electron chi connectivity index (χ4n) is 2.14. The topological polar surface area (TPSA) is 62.5 Å². The van der Waals surface area contributed by atoms with Crippen LogP contribution in [0.4, 0.5) is 0 Å². The van der Waals surface area contributed by atoms with Gasteiger partial charge in [0, 0.05) is 29.5 Å². The number of nitrogens with zero attached hydrogens (tertiary/aromatic N) is 2. The van der Waals surface area contributed by atoms with Crippen molar-refractivity contribution in [2.24, 2.45) is 5.10 Å². The lowest BCUT2D eigenvalue weighted by molar-refractivity contribution is 0.574. The van der Waals surface area contributed by atoms with Crippen molar-refractivity contribution in [2.75, 3.05) is 0 Å². The van der Waals surface area contributed by atoms with E-state index in [1.165, 1.54) is 6.21 Å². The van der Waals surface area contributed by atoms with E-state index in [2.05, 4.69) is 20.8 Å². The van der Waals surface area contributed by atoms with Gasteiger partial charge in [-0.25, -0.2) is 0 Å². The lowest BCUT2D eigenvalue weighted by Crippen LogP contribution is -2.31. The molecule has 0 bridgehead atoms. The molecule has 2 aromatic heterocycles. The van der Waals surface area contributed by atoms with Gasteiger partial charge < -0.3 is 9.73 Å². The molecular formula is C18H14Cl2N4OS. The van der Waals surface area contributed by atoms with Crippen molar-refractivity contribution in [3.63, 3.8) is 0 Å². The molecule has 132 valence electrons. The predicted molar refractivity (Wildman–Crippen MR) is 109 cm³/mol. The summed E-state index contributed by atoms with van der Waals surface area (Å²) in [6.07, 6.45) is 5.02. The maximum atomic E-state index is 6.18. The Labute approximate surface area is 166 Å². The quantitative estimate of drug-likeness (QED) is 0.368. The SMILES string of the molecule is S=C(NCc1cccnc1)NN=Cc1ccc(-c2ccc(Cl)cc2Cl)o1. The molecule has 1 aromatic carbocycles. The number of hydrazone groups is 1. The van der Waals surface area contributed by atoms with Crippen LogP contribution in [-0.4, -0.2) is 16.3 Å². The monoisotopic (exact) mass is 404 g/mol. The summed E-state index contributed by atoms with van der Waals surface area (Å²) in [4.78, 5) is 4.04. The molecule has 0 spiro atoms. The number of nitrogens with one attached hydrogen (secondary N) is 2. The molecule has 0 fully saturated rings. The van der Waals surface area contributed by atoms with Crippen molar-refractivity contribution in [1.82, 2.24) is 15.7 Å². The van der Waals surface area contributed by atoms with Gasteiger partial charge in [-0.2, -0.15) is 5.10 Å². The zero-order valence-corrected chi connectivity index (χ0v) is 15.8. The molecule has 0 atom stereocenters. The Morgan fingerprint density at radius 1 is 1.23 bits per heavy atom. The average Bonchev–Trinajstić information content (AvgIpc) is 3.09. The highest BCUT2D eigenvalue weighted by molar-refractivity contribution is 7.80. The van der Waals surface area contributed by atoms with Crippen LogP contribution >= 0.6 is 35.4 Å². The van der Waals surface area contributed by atoms with Crippen LogP contribution in [0.25, 0.3) is 11.3 Å². The highest BCUT2D eigenvalue weighted by Crippen LogP contribution is 2.31. The molecule has 0 aliphatic carbocycles. The number of aromatic nitrogens is 1. The summed E-state index contributed by atoms with van der Waals surface area (Å²) in [5.74, 6) is 1.19. The van der Waals surface area contributed by atoms with Gasteiger partial charge in [0.25, 0.3) is 0 Å². The maximum absolute atomic E-state index is 6.18. The van der Waals surface area contributed by atoms with Crippen molar-refractivity contribution < 1.29 is 4.42 Å². The van der Waals surface area contributed by atoms with Crippen LogP contribution < -0.4 is 10.7 Å². The summed E-state index contributed by atoms with van der Waals surface area (Å²) < 4.78 is 5.71. The van der Waals surface area contributed by atoms with E-state index >= 15 is 0 Å². The Morgan fingerprint density at radius 3 is 2.88 bits per heavy atom. The zero-order valence-electron chi connectivity index (χ0n) is 13.4. The summed E-state index contributed by atoms with van der Waals surface area (Å²) in [6.45, 7) is 0.565. The van der Waals surface area contributed by atoms with E-state index in [1.54, 1.807) is 36.7 Å². The Hall–Kier alpha value is -2.41. The van der Waals surface area contributed by atoms with Gasteiger partial charge >= 0.3 is 0 Å². The van der Waals surface area contributed by atoms with E-state index in [4.69, 9.17) is 39.8 Å². The van der Waals surface area contributed by atoms with Crippen LogP contribution in [0, 0.1) is 0 Å². The third kappa shape index (κ3) is 5.05. The minimum Gasteiger partial charge on any atom is -0.455 e. The highest BCUT2D eigenvalue weighted by Gasteiger charge is 2.08. The second kappa shape index (κ2) is 8.80. The fraction of sp³-hybridized carbons (Fsp3) is 0.0556. The van der Waals surface area contributed by atoms with Crippen molar-refractivity contribution in [1.29, 1.82) is 0 Å². The molecule has 5 nitrogen and oxygen atoms in total. The minimum atomic E-state index is 0.401. The molecule has 0 saturated heterocycles. The average molecular weight is 405 g/mol. The van der Waals surface area contributed by atoms with Gasteiger partial charge in [0.2, 0.25) is 0 Å². The van der Waals surface area contributed by atoms with Crippen LogP contribution in [0.5, 0.6) is 0 Å². The second-order valence-corrected chi connectivity index (χ2v) is 6.49. The van der Waals surface area contributed by atoms with E-state index in [9.17, 15) is 0 Å². The molecule has 0 amide bonds. The van der Waals surface area contributed by atoms with Crippen LogP contribution in [-0.2, 0) is 6.54 Å². The van der Waals surface area contributed by atoms with Gasteiger partial charge in [0.1, 0.15) is 11.5 Å². The normalized spacial score (nSPS) is 10.8. The summed E-state index contributed by atoms with van der Waals surface area (Å²) in [5.41, 5.74) is 4.52. The number of rotatable bonds is 5. The molecule has 0 aliphatic rings. The third-order valence-corrected chi connectivity index (χ3v) is 4.14. The molecule has 26 heavy (non-hydrogen) atoms. The molecule has 0 radical (unpaired) electrons. The smallest absolute Gasteiger partial charge is 0.187 e. The van der Waals surface area contributed by atoms with Gasteiger partial charge in [0.05, 0.1) is 11.2 Å². The van der Waals surface area contributed by atoms with Crippen LogP contribution in [0.15, 0.2) is 64.4 Å². The largest absolute Gasteiger partial charge is 0.455 e. The van der Waals surface area contributed by atoms with E-state index in [1.807, 2.05) is 18.2 Å². The van der Waals surface area contributed by atoms with E-state index in [-0.39, 0.29) is 0 Å². The van der Waals surface area contributed by atoms with E-state index in [0.29, 0.717) is 33.2 Å². The number of hydrogen-bond donors (Lipinski definition) is 2. The van der Waals surface area contributed by atoms with Gasteiger partial charge in [-0.15, -0.1) is 0 Å². The lowest BCUT2D eigenvalue weighted by atomic mass is 10.2. The predicted octanol–water partition coefficient (Wildman–Crippen LogP) is 4.65. The third-order valence-electron chi connectivity index (χ3n) is 3.36. The van der Waals surface area contributed by atoms with Crippen molar-refractivity contribution in [3.8, 4) is 11.3 Å². The van der Waals surface area contributed by atoms with Gasteiger partial charge in [-0.05, 0) is 54.2 Å². The molecule has 0 saturated carbocycles. The number of pyridine rings is 1. The fourth-order valence-corrected chi connectivity index (χ4v) is 2.76. The van der Waals surface area contributed by atoms with Gasteiger partial charge in [0.15, 0.2) is 5.11 Å². The summed E-state index contributed by atoms with van der Waals surface area (Å²) >= 11 is 17.3. The molecule has 3 aromatic rings. The standard InChI is InChI=1S/C18H14Cl2N4OS/c19-13-3-5-15(16(20)8-13)17-6-4-14(25-17)11-23-24-18(26)22-10-12-2-1-7-21-9-12/h1-9,11H,10H2,(H2,22,24,26). The van der Waals surface area contributed by atoms with Crippen LogP contribution in [0.3, 0.4) is 0 Å². The number of thiocarbonyl (C=S) groups is 1. The molecule has 8 heteroatoms. The summed E-state index contributed by atoms with van der Waals surface area (Å²) in [7, 11) is 0. The van der Waals surface area contributed by atoms with Crippen molar-refractivity contribution >= 4 is 46.7 Å². The molecule has 2 heterocycles. The molecule has 0 aliphatic heterocycles. The van der Waals surface area contributed by atoms with Gasteiger partial charge in [-0.3, -0.25) is 10.4 Å². The Kier molecular flexibility index (Phi) is 6.22. The number of hydrogen-bond acceptors (Lipinski definition) is 4. The van der Waals surface area contributed by atoms with E-state index in [0.717, 1.165) is 11.1 Å². The molecular weight excluding hydrogens is 391 g/mol. The first-order valence-corrected chi connectivity index (χ1v) is 8.79. The Bertz CT molecular complexity index is 928. The Balaban J connectivity index is 1.54. The second-order valence-electron chi connectivity index (χ2n) is 5.24. The Morgan fingerprint density at radius 2 is 2.12 bits per heavy atom. The maximum Gasteiger partial charge on any atom is 0.187 e. The van der Waals surface area contributed by atoms with Crippen LogP contribution in [0.1, 0.15) is 11.3 Å². The minimum absolute atomic E-state index is 0.401. The molecule has 3 rings (SSSR count). The molecule has 2 N–H and O–H groups in total. The summed E-state index contributed by atoms with van der Waals surface area (Å²) in [6, 6.07) is 12.7. The number of benzene rings is 1. The first-order valence-electron chi connectivity index (χ1n) is 7.63. The summed E-state index contributed by atoms with van der Waals surface area (Å²) in [5, 5.41) is 8.59. The number of furan rings is 1. The lowest BCUT2D eigenvalue weighted by Gasteiger charge is -2.06.